The molecular weight excluding hydrogens is 360 g/mol. The summed E-state index contributed by atoms with van der Waals surface area (Å²) in [6.45, 7) is 1.82. The molecule has 0 N–H and O–H groups in total. The quantitative estimate of drug-likeness (QED) is 0.524. The van der Waals surface area contributed by atoms with E-state index in [1.54, 1.807) is 30.6 Å². The Labute approximate surface area is 151 Å². The summed E-state index contributed by atoms with van der Waals surface area (Å²) in [6.07, 6.45) is 4.78. The number of rotatable bonds is 2. The van der Waals surface area contributed by atoms with E-state index < -0.39 is 11.6 Å². The summed E-state index contributed by atoms with van der Waals surface area (Å²) in [5.41, 5.74) is 1.54. The number of benzene rings is 2. The van der Waals surface area contributed by atoms with Crippen LogP contribution in [-0.2, 0) is 0 Å². The molecule has 0 aliphatic heterocycles. The van der Waals surface area contributed by atoms with Gasteiger partial charge in [0.25, 0.3) is 5.56 Å². The maximum Gasteiger partial charge on any atom is 0.298 e. The summed E-state index contributed by atoms with van der Waals surface area (Å²) >= 11 is 6.14. The first-order valence-corrected chi connectivity index (χ1v) is 8.15. The van der Waals surface area contributed by atoms with Gasteiger partial charge in [0, 0.05) is 35.2 Å². The fourth-order valence-electron chi connectivity index (χ4n) is 2.85. The Morgan fingerprint density at radius 2 is 1.92 bits per heavy atom. The Balaban J connectivity index is 1.92. The lowest BCUT2D eigenvalue weighted by Crippen LogP contribution is -2.20. The van der Waals surface area contributed by atoms with Crippen LogP contribution in [0, 0.1) is 18.6 Å². The van der Waals surface area contributed by atoms with Crippen LogP contribution in [0.2, 0.25) is 5.02 Å². The molecule has 0 amide bonds. The number of hydrogen-bond acceptors (Lipinski definition) is 2. The number of hydrogen-bond donors (Lipinski definition) is 0. The highest BCUT2D eigenvalue weighted by Gasteiger charge is 2.14. The van der Waals surface area contributed by atoms with Gasteiger partial charge in [-0.1, -0.05) is 17.7 Å². The molecule has 4 aromatic rings. The van der Waals surface area contributed by atoms with Crippen molar-refractivity contribution in [2.75, 3.05) is 0 Å². The second-order valence-electron chi connectivity index (χ2n) is 5.84. The second-order valence-corrected chi connectivity index (χ2v) is 6.25. The van der Waals surface area contributed by atoms with Gasteiger partial charge in [-0.3, -0.25) is 9.36 Å². The van der Waals surface area contributed by atoms with Gasteiger partial charge in [0.15, 0.2) is 0 Å². The molecule has 0 bridgehead atoms. The minimum Gasteiger partial charge on any atom is -0.300 e. The maximum absolute atomic E-state index is 14.0. The molecule has 0 saturated carbocycles. The van der Waals surface area contributed by atoms with Crippen molar-refractivity contribution in [3.8, 4) is 16.9 Å². The van der Waals surface area contributed by atoms with Gasteiger partial charge in [-0.05, 0) is 36.8 Å². The fourth-order valence-corrected chi connectivity index (χ4v) is 3.02. The monoisotopic (exact) mass is 371 g/mol. The predicted molar refractivity (Wildman–Crippen MR) is 95.9 cm³/mol. The van der Waals surface area contributed by atoms with Crippen LogP contribution in [0.1, 0.15) is 5.56 Å². The van der Waals surface area contributed by atoms with Gasteiger partial charge in [0.1, 0.15) is 11.6 Å². The third-order valence-electron chi connectivity index (χ3n) is 4.22. The lowest BCUT2D eigenvalue weighted by molar-refractivity contribution is 0.585. The minimum absolute atomic E-state index is 0.125. The Hall–Kier alpha value is -2.99. The van der Waals surface area contributed by atoms with E-state index in [2.05, 4.69) is 4.98 Å². The van der Waals surface area contributed by atoms with Crippen LogP contribution >= 0.6 is 11.6 Å². The van der Waals surface area contributed by atoms with Crippen molar-refractivity contribution in [3.63, 3.8) is 0 Å². The highest BCUT2D eigenvalue weighted by molar-refractivity contribution is 6.31. The lowest BCUT2D eigenvalue weighted by atomic mass is 10.1. The van der Waals surface area contributed by atoms with E-state index in [9.17, 15) is 13.6 Å². The molecule has 0 spiro atoms. The van der Waals surface area contributed by atoms with Crippen molar-refractivity contribution >= 4 is 17.2 Å². The average molecular weight is 372 g/mol. The van der Waals surface area contributed by atoms with Gasteiger partial charge in [-0.25, -0.2) is 13.8 Å². The summed E-state index contributed by atoms with van der Waals surface area (Å²) in [6, 6.07) is 8.51. The normalized spacial score (nSPS) is 11.2. The van der Waals surface area contributed by atoms with Crippen molar-refractivity contribution in [3.05, 3.63) is 87.6 Å². The molecule has 2 aromatic heterocycles. The molecule has 0 saturated heterocycles. The Kier molecular flexibility index (Phi) is 3.85. The number of imidazole rings is 1. The molecule has 4 nitrogen and oxygen atoms in total. The first-order valence-electron chi connectivity index (χ1n) is 7.77. The molecule has 4 rings (SSSR count). The van der Waals surface area contributed by atoms with Gasteiger partial charge in [0.05, 0.1) is 11.4 Å². The maximum atomic E-state index is 14.0. The molecular formula is C19H12ClF2N3O. The number of fused-ring (bicyclic) bond motifs is 1. The zero-order valence-electron chi connectivity index (χ0n) is 13.6. The van der Waals surface area contributed by atoms with Gasteiger partial charge in [-0.2, -0.15) is 0 Å². The molecule has 2 heterocycles. The Bertz CT molecular complexity index is 1210. The standard InChI is InChI=1S/C19H12ClF2N3O/c1-11-14(20)3-2-4-17(11)25-8-7-24-10-16(23-18(24)19(25)26)13-6-5-12(21)9-15(13)22/h2-10H,1H3. The van der Waals surface area contributed by atoms with Crippen LogP contribution in [-0.4, -0.2) is 14.0 Å². The summed E-state index contributed by atoms with van der Waals surface area (Å²) in [7, 11) is 0. The van der Waals surface area contributed by atoms with Gasteiger partial charge in [0.2, 0.25) is 5.65 Å². The Morgan fingerprint density at radius 3 is 2.69 bits per heavy atom. The topological polar surface area (TPSA) is 39.3 Å². The number of halogens is 3. The first kappa shape index (κ1) is 16.5. The summed E-state index contributed by atoms with van der Waals surface area (Å²) in [5.74, 6) is -1.41. The van der Waals surface area contributed by atoms with E-state index in [-0.39, 0.29) is 22.5 Å². The molecule has 0 aliphatic rings. The largest absolute Gasteiger partial charge is 0.300 e. The van der Waals surface area contributed by atoms with Crippen molar-refractivity contribution in [2.24, 2.45) is 0 Å². The molecule has 26 heavy (non-hydrogen) atoms. The van der Waals surface area contributed by atoms with Gasteiger partial charge in [-0.15, -0.1) is 0 Å². The summed E-state index contributed by atoms with van der Waals surface area (Å²) < 4.78 is 30.1. The third kappa shape index (κ3) is 2.59. The second kappa shape index (κ2) is 6.07. The molecule has 0 fully saturated rings. The van der Waals surface area contributed by atoms with Crippen LogP contribution in [0.25, 0.3) is 22.6 Å². The van der Waals surface area contributed by atoms with E-state index >= 15 is 0 Å². The van der Waals surface area contributed by atoms with Crippen LogP contribution in [0.5, 0.6) is 0 Å². The lowest BCUT2D eigenvalue weighted by Gasteiger charge is -2.10. The van der Waals surface area contributed by atoms with Crippen LogP contribution in [0.15, 0.2) is 59.8 Å². The highest BCUT2D eigenvalue weighted by Crippen LogP contribution is 2.24. The molecule has 0 radical (unpaired) electrons. The number of aromatic nitrogens is 3. The summed E-state index contributed by atoms with van der Waals surface area (Å²) in [5, 5.41) is 0.548. The molecule has 0 atom stereocenters. The van der Waals surface area contributed by atoms with Crippen molar-refractivity contribution in [1.29, 1.82) is 0 Å². The van der Waals surface area contributed by atoms with Crippen molar-refractivity contribution < 1.29 is 8.78 Å². The molecule has 0 aliphatic carbocycles. The highest BCUT2D eigenvalue weighted by atomic mass is 35.5. The van der Waals surface area contributed by atoms with E-state index in [0.717, 1.165) is 17.7 Å². The average Bonchev–Trinajstić information content (AvgIpc) is 3.03. The summed E-state index contributed by atoms with van der Waals surface area (Å²) in [4.78, 5) is 17.1. The smallest absolute Gasteiger partial charge is 0.298 e. The van der Waals surface area contributed by atoms with E-state index in [0.29, 0.717) is 10.7 Å². The van der Waals surface area contributed by atoms with E-state index in [1.165, 1.54) is 21.2 Å². The van der Waals surface area contributed by atoms with E-state index in [1.807, 2.05) is 6.92 Å². The van der Waals surface area contributed by atoms with Gasteiger partial charge < -0.3 is 4.40 Å². The van der Waals surface area contributed by atoms with Crippen molar-refractivity contribution in [1.82, 2.24) is 14.0 Å². The zero-order chi connectivity index (χ0) is 18.4. The van der Waals surface area contributed by atoms with Crippen molar-refractivity contribution in [2.45, 2.75) is 6.92 Å². The third-order valence-corrected chi connectivity index (χ3v) is 4.63. The number of nitrogens with zero attached hydrogens (tertiary/aromatic N) is 3. The van der Waals surface area contributed by atoms with Gasteiger partial charge >= 0.3 is 0 Å². The molecule has 0 unspecified atom stereocenters. The molecule has 2 aromatic carbocycles. The van der Waals surface area contributed by atoms with E-state index in [4.69, 9.17) is 11.6 Å². The minimum atomic E-state index is -0.737. The molecule has 130 valence electrons. The Morgan fingerprint density at radius 1 is 1.12 bits per heavy atom. The SMILES string of the molecule is Cc1c(Cl)cccc1-n1ccn2cc(-c3ccc(F)cc3F)nc2c1=O. The van der Waals surface area contributed by atoms with Crippen LogP contribution in [0.4, 0.5) is 8.78 Å². The van der Waals surface area contributed by atoms with Crippen LogP contribution in [0.3, 0.4) is 0 Å². The molecule has 7 heteroatoms. The fraction of sp³-hybridized carbons (Fsp3) is 0.0526. The zero-order valence-corrected chi connectivity index (χ0v) is 14.3. The first-order chi connectivity index (χ1) is 12.5. The predicted octanol–water partition coefficient (Wildman–Crippen LogP) is 4.39. The van der Waals surface area contributed by atoms with Crippen LogP contribution < -0.4 is 5.56 Å².